The van der Waals surface area contributed by atoms with E-state index in [0.717, 1.165) is 42.3 Å². The Hall–Kier alpha value is -2.94. The van der Waals surface area contributed by atoms with Gasteiger partial charge in [-0.3, -0.25) is 24.0 Å². The van der Waals surface area contributed by atoms with Crippen molar-refractivity contribution in [2.24, 2.45) is 16.2 Å². The number of dihydropyridines is 1. The van der Waals surface area contributed by atoms with E-state index in [-0.39, 0.29) is 51.9 Å². The highest BCUT2D eigenvalue weighted by molar-refractivity contribution is 6.04. The first-order chi connectivity index (χ1) is 16.4. The van der Waals surface area contributed by atoms with Gasteiger partial charge in [0.05, 0.1) is 6.42 Å². The fourth-order valence-corrected chi connectivity index (χ4v) is 5.20. The van der Waals surface area contributed by atoms with Crippen LogP contribution in [0, 0.1) is 16.2 Å². The third kappa shape index (κ3) is 10.5. The van der Waals surface area contributed by atoms with Crippen LogP contribution >= 0.6 is 0 Å². The zero-order chi connectivity index (χ0) is 28.1. The van der Waals surface area contributed by atoms with E-state index in [1.54, 1.807) is 0 Å². The van der Waals surface area contributed by atoms with Gasteiger partial charge in [-0.05, 0) is 29.1 Å². The molecule has 0 aromatic heterocycles. The summed E-state index contributed by atoms with van der Waals surface area (Å²) in [4.78, 5) is 63.4. The Morgan fingerprint density at radius 1 is 0.676 bits per heavy atom. The molecule has 9 heteroatoms. The summed E-state index contributed by atoms with van der Waals surface area (Å²) in [6, 6.07) is 0. The highest BCUT2D eigenvalue weighted by atomic mass is 16.4. The zero-order valence-corrected chi connectivity index (χ0v) is 23.5. The normalized spacial score (nSPS) is 22.7. The summed E-state index contributed by atoms with van der Waals surface area (Å²) in [5.41, 5.74) is 3.81. The second-order valence-corrected chi connectivity index (χ2v) is 12.4. The van der Waals surface area contributed by atoms with Crippen LogP contribution in [0.5, 0.6) is 0 Å². The lowest BCUT2D eigenvalue weighted by Gasteiger charge is -2.40. The highest BCUT2D eigenvalue weighted by Gasteiger charge is 2.40. The number of rotatable bonds is 0. The third-order valence-electron chi connectivity index (χ3n) is 6.39. The van der Waals surface area contributed by atoms with Crippen molar-refractivity contribution >= 4 is 35.9 Å². The lowest BCUT2D eigenvalue weighted by molar-refractivity contribution is -0.135. The predicted molar refractivity (Wildman–Crippen MR) is 141 cm³/mol. The maximum Gasteiger partial charge on any atom is 0.300 e. The first-order valence-electron chi connectivity index (χ1n) is 12.2. The molecule has 0 aromatic carbocycles. The number of hydrogen-bond acceptors (Lipinski definition) is 8. The van der Waals surface area contributed by atoms with Crippen molar-refractivity contribution in [3.63, 3.8) is 0 Å². The molecule has 0 atom stereocenters. The Morgan fingerprint density at radius 2 is 0.973 bits per heavy atom. The van der Waals surface area contributed by atoms with Crippen LogP contribution in [-0.4, -0.2) is 41.0 Å². The Kier molecular flexibility index (Phi) is 12.0. The molecule has 0 radical (unpaired) electrons. The van der Waals surface area contributed by atoms with Gasteiger partial charge in [-0.2, -0.15) is 0 Å². The van der Waals surface area contributed by atoms with Crippen molar-refractivity contribution in [3.8, 4) is 0 Å². The van der Waals surface area contributed by atoms with Gasteiger partial charge in [0.1, 0.15) is 18.4 Å². The van der Waals surface area contributed by atoms with E-state index in [4.69, 9.17) is 14.7 Å². The lowest BCUT2D eigenvalue weighted by Crippen LogP contribution is -2.39. The van der Waals surface area contributed by atoms with Crippen molar-refractivity contribution in [3.05, 3.63) is 22.5 Å². The molecule has 4 rings (SSSR count). The van der Waals surface area contributed by atoms with E-state index in [0.29, 0.717) is 32.1 Å². The molecule has 37 heavy (non-hydrogen) atoms. The van der Waals surface area contributed by atoms with E-state index >= 15 is 0 Å². The van der Waals surface area contributed by atoms with E-state index in [9.17, 15) is 19.2 Å². The molecule has 1 saturated carbocycles. The SMILES string of the molecule is C=O.CC(=O)O.CC1(C)CC(=O)C2=C(C1)NC1=C(C2)C(=O)CC(C)(C)C1.CC1(C)CC(=O)CC(=O)C1.N. The summed E-state index contributed by atoms with van der Waals surface area (Å²) in [6.07, 6.45) is 4.85. The molecule has 0 saturated heterocycles. The molecule has 0 bridgehead atoms. The Morgan fingerprint density at radius 3 is 1.27 bits per heavy atom. The fraction of sp³-hybridized carbons (Fsp3) is 0.643. The summed E-state index contributed by atoms with van der Waals surface area (Å²) in [7, 11) is 0. The van der Waals surface area contributed by atoms with Gasteiger partial charge in [0.25, 0.3) is 5.97 Å². The number of hydrogen-bond donors (Lipinski definition) is 3. The molecule has 1 fully saturated rings. The van der Waals surface area contributed by atoms with Gasteiger partial charge in [-0.15, -0.1) is 0 Å². The van der Waals surface area contributed by atoms with Crippen LogP contribution in [0.25, 0.3) is 0 Å². The number of carboxylic acid groups (broad SMARTS) is 1. The second-order valence-electron chi connectivity index (χ2n) is 12.4. The number of ketones is 4. The minimum atomic E-state index is -0.833. The topological polar surface area (TPSA) is 170 Å². The third-order valence-corrected chi connectivity index (χ3v) is 6.39. The molecule has 0 unspecified atom stereocenters. The minimum absolute atomic E-state index is 0. The van der Waals surface area contributed by atoms with Crippen molar-refractivity contribution in [1.82, 2.24) is 11.5 Å². The number of nitrogens with one attached hydrogen (secondary N) is 1. The minimum Gasteiger partial charge on any atom is -0.481 e. The van der Waals surface area contributed by atoms with Crippen LogP contribution in [0.4, 0.5) is 0 Å². The van der Waals surface area contributed by atoms with Crippen molar-refractivity contribution in [2.45, 2.75) is 99.8 Å². The zero-order valence-electron chi connectivity index (χ0n) is 23.5. The summed E-state index contributed by atoms with van der Waals surface area (Å²) >= 11 is 0. The van der Waals surface area contributed by atoms with Crippen LogP contribution < -0.4 is 11.5 Å². The predicted octanol–water partition coefficient (Wildman–Crippen LogP) is 4.67. The average molecular weight is 521 g/mol. The first kappa shape index (κ1) is 34.1. The molecule has 9 nitrogen and oxygen atoms in total. The van der Waals surface area contributed by atoms with Crippen LogP contribution in [0.1, 0.15) is 99.8 Å². The van der Waals surface area contributed by atoms with E-state index in [1.807, 2.05) is 20.6 Å². The molecule has 0 aromatic rings. The molecule has 0 amide bonds. The van der Waals surface area contributed by atoms with Gasteiger partial charge in [0, 0.05) is 61.6 Å². The fourth-order valence-electron chi connectivity index (χ4n) is 5.20. The number of carbonyl (C=O) groups is 6. The summed E-state index contributed by atoms with van der Waals surface area (Å²) < 4.78 is 0. The Balaban J connectivity index is 0.000000642. The van der Waals surface area contributed by atoms with E-state index in [1.165, 1.54) is 0 Å². The van der Waals surface area contributed by atoms with Gasteiger partial charge in [-0.1, -0.05) is 41.5 Å². The lowest BCUT2D eigenvalue weighted by atomic mass is 9.69. The molecule has 1 aliphatic heterocycles. The van der Waals surface area contributed by atoms with Crippen LogP contribution in [0.3, 0.4) is 0 Å². The number of Topliss-reactive ketones (excluding diaryl/α,β-unsaturated/α-hetero) is 4. The maximum absolute atomic E-state index is 12.3. The molecule has 4 aliphatic rings. The Bertz CT molecular complexity index is 928. The number of allylic oxidation sites excluding steroid dienone is 4. The highest BCUT2D eigenvalue weighted by Crippen LogP contribution is 2.45. The summed E-state index contributed by atoms with van der Waals surface area (Å²) in [5, 5.41) is 10.9. The van der Waals surface area contributed by atoms with Gasteiger partial charge in [-0.25, -0.2) is 0 Å². The quantitative estimate of drug-likeness (QED) is 0.384. The largest absolute Gasteiger partial charge is 0.481 e. The van der Waals surface area contributed by atoms with Gasteiger partial charge in [0.15, 0.2) is 11.6 Å². The molecular weight excluding hydrogens is 476 g/mol. The number of carbonyl (C=O) groups excluding carboxylic acids is 5. The van der Waals surface area contributed by atoms with Crippen LogP contribution in [-0.2, 0) is 28.8 Å². The van der Waals surface area contributed by atoms with E-state index in [2.05, 4.69) is 33.0 Å². The van der Waals surface area contributed by atoms with Crippen molar-refractivity contribution in [2.75, 3.05) is 0 Å². The number of aliphatic carboxylic acids is 1. The smallest absolute Gasteiger partial charge is 0.300 e. The van der Waals surface area contributed by atoms with Gasteiger partial charge >= 0.3 is 0 Å². The van der Waals surface area contributed by atoms with Crippen LogP contribution in [0.2, 0.25) is 0 Å². The molecular formula is C28H44N2O7. The van der Waals surface area contributed by atoms with E-state index < -0.39 is 5.97 Å². The molecule has 208 valence electrons. The average Bonchev–Trinajstić information content (AvgIpc) is 2.64. The molecule has 1 heterocycles. The summed E-state index contributed by atoms with van der Waals surface area (Å²) in [5.74, 6) is -0.205. The first-order valence-corrected chi connectivity index (χ1v) is 12.2. The van der Waals surface area contributed by atoms with Crippen LogP contribution in [0.15, 0.2) is 22.5 Å². The molecule has 5 N–H and O–H groups in total. The standard InChI is InChI=1S/C17H23NO2.C8H12O2.C2H4O2.CH2O.H3N/c1-16(2)6-12-10(14(19)8-16)5-11-13(18-12)7-17(3,4)9-15(11)20;1-8(2)4-6(9)3-7(10)5-8;1-2(3)4;1-2;/h18H,5-9H2,1-4H3;3-5H2,1-2H3;1H3,(H,3,4);1H2;1H3. The molecule has 3 aliphatic carbocycles. The van der Waals surface area contributed by atoms with Gasteiger partial charge < -0.3 is 21.4 Å². The van der Waals surface area contributed by atoms with Crippen molar-refractivity contribution < 1.29 is 33.9 Å². The molecule has 0 spiro atoms. The Labute approximate surface area is 220 Å². The number of carboxylic acids is 1. The maximum atomic E-state index is 12.3. The van der Waals surface area contributed by atoms with Gasteiger partial charge in [0.2, 0.25) is 0 Å². The monoisotopic (exact) mass is 520 g/mol. The second kappa shape index (κ2) is 13.0. The summed E-state index contributed by atoms with van der Waals surface area (Å²) in [6.45, 7) is 15.5. The van der Waals surface area contributed by atoms with Crippen molar-refractivity contribution in [1.29, 1.82) is 0 Å².